The van der Waals surface area contributed by atoms with Crippen molar-refractivity contribution < 1.29 is 9.18 Å². The Morgan fingerprint density at radius 1 is 1.24 bits per heavy atom. The molecule has 0 radical (unpaired) electrons. The van der Waals surface area contributed by atoms with Crippen LogP contribution < -0.4 is 0 Å². The quantitative estimate of drug-likeness (QED) is 0.450. The molecule has 17 heavy (non-hydrogen) atoms. The molecule has 0 unspecified atom stereocenters. The molecule has 1 fully saturated rings. The molecule has 1 saturated carbocycles. The van der Waals surface area contributed by atoms with Crippen molar-refractivity contribution in [2.24, 2.45) is 4.99 Å². The van der Waals surface area contributed by atoms with E-state index in [1.807, 2.05) is 0 Å². The Labute approximate surface area is 108 Å². The lowest BCUT2D eigenvalue weighted by Gasteiger charge is -2.24. The number of rotatable bonds is 2. The summed E-state index contributed by atoms with van der Waals surface area (Å²) in [5.74, 6) is -0.583. The molecule has 1 aliphatic carbocycles. The minimum atomic E-state index is -0.881. The van der Waals surface area contributed by atoms with Crippen LogP contribution in [0.25, 0.3) is 0 Å². The van der Waals surface area contributed by atoms with Crippen LogP contribution in [0.4, 0.5) is 4.39 Å². The van der Waals surface area contributed by atoms with Crippen LogP contribution in [0.1, 0.15) is 31.2 Å². The van der Waals surface area contributed by atoms with E-state index >= 15 is 0 Å². The molecule has 0 aromatic heterocycles. The monoisotopic (exact) mass is 273 g/mol. The fourth-order valence-corrected chi connectivity index (χ4v) is 2.90. The number of nitrogens with zero attached hydrogens (tertiary/aromatic N) is 1. The highest BCUT2D eigenvalue weighted by Crippen LogP contribution is 2.46. The first kappa shape index (κ1) is 12.6. The molecular formula is C12H10Cl2FNO. The van der Waals surface area contributed by atoms with Crippen molar-refractivity contribution in [3.63, 3.8) is 0 Å². The van der Waals surface area contributed by atoms with Crippen molar-refractivity contribution in [3.8, 4) is 0 Å². The number of carbonyl (C=O) groups excluding carboxylic acids is 1. The van der Waals surface area contributed by atoms with Crippen molar-refractivity contribution in [2.45, 2.75) is 31.2 Å². The Morgan fingerprint density at radius 3 is 2.41 bits per heavy atom. The molecule has 0 saturated heterocycles. The van der Waals surface area contributed by atoms with E-state index in [0.29, 0.717) is 12.8 Å². The molecular weight excluding hydrogens is 264 g/mol. The molecule has 1 aromatic rings. The number of hydrogen-bond donors (Lipinski definition) is 0. The summed E-state index contributed by atoms with van der Waals surface area (Å²) in [4.78, 5) is 14.4. The molecule has 0 amide bonds. The van der Waals surface area contributed by atoms with Crippen LogP contribution in [0.2, 0.25) is 10.0 Å². The molecule has 1 aromatic carbocycles. The standard InChI is InChI=1S/C12H10Cl2FNO/c13-8-3-4-9(14)11(15)10(8)12(16-7-17)5-1-2-6-12/h3-4H,1-2,5-6H2. The number of benzene rings is 1. The summed E-state index contributed by atoms with van der Waals surface area (Å²) in [6, 6.07) is 2.93. The Balaban J connectivity index is 2.65. The Kier molecular flexibility index (Phi) is 3.53. The van der Waals surface area contributed by atoms with Gasteiger partial charge in [-0.25, -0.2) is 9.18 Å². The second-order valence-corrected chi connectivity index (χ2v) is 4.97. The van der Waals surface area contributed by atoms with Gasteiger partial charge in [-0.3, -0.25) is 0 Å². The Bertz CT molecular complexity index is 492. The molecule has 1 aliphatic rings. The number of aliphatic imine (C=N–C) groups is 1. The number of hydrogen-bond acceptors (Lipinski definition) is 2. The van der Waals surface area contributed by atoms with Gasteiger partial charge in [0.2, 0.25) is 6.08 Å². The van der Waals surface area contributed by atoms with E-state index in [2.05, 4.69) is 4.99 Å². The largest absolute Gasteiger partial charge is 0.235 e. The molecule has 0 atom stereocenters. The van der Waals surface area contributed by atoms with Gasteiger partial charge < -0.3 is 0 Å². The van der Waals surface area contributed by atoms with E-state index in [0.717, 1.165) is 12.8 Å². The van der Waals surface area contributed by atoms with Crippen LogP contribution in [-0.4, -0.2) is 6.08 Å². The topological polar surface area (TPSA) is 29.4 Å². The van der Waals surface area contributed by atoms with E-state index in [9.17, 15) is 9.18 Å². The summed E-state index contributed by atoms with van der Waals surface area (Å²) in [5.41, 5.74) is -0.652. The molecule has 0 bridgehead atoms. The first-order chi connectivity index (χ1) is 8.10. The zero-order chi connectivity index (χ0) is 12.5. The van der Waals surface area contributed by atoms with Crippen molar-refractivity contribution >= 4 is 29.3 Å². The first-order valence-electron chi connectivity index (χ1n) is 5.34. The van der Waals surface area contributed by atoms with Crippen LogP contribution in [0.3, 0.4) is 0 Å². The van der Waals surface area contributed by atoms with Gasteiger partial charge in [-0.1, -0.05) is 36.0 Å². The first-order valence-corrected chi connectivity index (χ1v) is 6.09. The SMILES string of the molecule is O=C=NC1(c2c(Cl)ccc(Cl)c2F)CCCC1. The predicted molar refractivity (Wildman–Crippen MR) is 64.7 cm³/mol. The zero-order valence-corrected chi connectivity index (χ0v) is 10.5. The minimum absolute atomic E-state index is 0.00299. The van der Waals surface area contributed by atoms with Crippen molar-refractivity contribution in [2.75, 3.05) is 0 Å². The van der Waals surface area contributed by atoms with Gasteiger partial charge in [-0.2, -0.15) is 4.99 Å². The maximum Gasteiger partial charge on any atom is 0.235 e. The highest BCUT2D eigenvalue weighted by atomic mass is 35.5. The van der Waals surface area contributed by atoms with Crippen LogP contribution in [0.15, 0.2) is 17.1 Å². The third-order valence-electron chi connectivity index (χ3n) is 3.20. The van der Waals surface area contributed by atoms with Crippen molar-refractivity contribution in [3.05, 3.63) is 33.6 Å². The minimum Gasteiger partial charge on any atom is -0.211 e. The average Bonchev–Trinajstić information content (AvgIpc) is 2.74. The molecule has 90 valence electrons. The fourth-order valence-electron chi connectivity index (χ4n) is 2.42. The van der Waals surface area contributed by atoms with Gasteiger partial charge in [0.15, 0.2) is 0 Å². The van der Waals surface area contributed by atoms with E-state index in [1.54, 1.807) is 0 Å². The molecule has 0 N–H and O–H groups in total. The lowest BCUT2D eigenvalue weighted by atomic mass is 9.88. The van der Waals surface area contributed by atoms with Crippen molar-refractivity contribution in [1.29, 1.82) is 0 Å². The molecule has 0 spiro atoms. The molecule has 2 rings (SSSR count). The van der Waals surface area contributed by atoms with Gasteiger partial charge in [0.25, 0.3) is 0 Å². The number of halogens is 3. The van der Waals surface area contributed by atoms with E-state index in [-0.39, 0.29) is 15.6 Å². The third-order valence-corrected chi connectivity index (χ3v) is 3.81. The Morgan fingerprint density at radius 2 is 1.82 bits per heavy atom. The summed E-state index contributed by atoms with van der Waals surface area (Å²) in [6.07, 6.45) is 4.49. The maximum atomic E-state index is 14.1. The molecule has 2 nitrogen and oxygen atoms in total. The van der Waals surface area contributed by atoms with Gasteiger partial charge in [0.05, 0.1) is 5.02 Å². The second-order valence-electron chi connectivity index (χ2n) is 4.16. The molecule has 0 aliphatic heterocycles. The predicted octanol–water partition coefficient (Wildman–Crippen LogP) is 4.24. The van der Waals surface area contributed by atoms with Crippen molar-refractivity contribution in [1.82, 2.24) is 0 Å². The summed E-state index contributed by atoms with van der Waals surface area (Å²) in [7, 11) is 0. The van der Waals surface area contributed by atoms with Gasteiger partial charge in [-0.05, 0) is 25.0 Å². The lowest BCUT2D eigenvalue weighted by molar-refractivity contribution is 0.431. The molecule has 0 heterocycles. The third kappa shape index (κ3) is 2.11. The number of isocyanates is 1. The maximum absolute atomic E-state index is 14.1. The van der Waals surface area contributed by atoms with E-state index in [4.69, 9.17) is 23.2 Å². The van der Waals surface area contributed by atoms with Gasteiger partial charge in [0.1, 0.15) is 11.4 Å². The smallest absolute Gasteiger partial charge is 0.211 e. The van der Waals surface area contributed by atoms with Crippen LogP contribution in [0, 0.1) is 5.82 Å². The summed E-state index contributed by atoms with van der Waals surface area (Å²) in [5, 5.41) is 0.254. The second kappa shape index (κ2) is 4.77. The summed E-state index contributed by atoms with van der Waals surface area (Å²) < 4.78 is 14.1. The van der Waals surface area contributed by atoms with E-state index in [1.165, 1.54) is 18.2 Å². The highest BCUT2D eigenvalue weighted by Gasteiger charge is 2.40. The highest BCUT2D eigenvalue weighted by molar-refractivity contribution is 6.33. The van der Waals surface area contributed by atoms with Gasteiger partial charge in [0, 0.05) is 10.6 Å². The van der Waals surface area contributed by atoms with E-state index < -0.39 is 11.4 Å². The Hall–Kier alpha value is -0.890. The van der Waals surface area contributed by atoms with Gasteiger partial charge >= 0.3 is 0 Å². The molecule has 5 heteroatoms. The normalized spacial score (nSPS) is 17.8. The van der Waals surface area contributed by atoms with Crippen LogP contribution in [-0.2, 0) is 10.3 Å². The van der Waals surface area contributed by atoms with Crippen LogP contribution >= 0.6 is 23.2 Å². The summed E-state index contributed by atoms with van der Waals surface area (Å²) >= 11 is 11.8. The lowest BCUT2D eigenvalue weighted by Crippen LogP contribution is -2.21. The summed E-state index contributed by atoms with van der Waals surface area (Å²) in [6.45, 7) is 0. The zero-order valence-electron chi connectivity index (χ0n) is 8.97. The average molecular weight is 274 g/mol. The fraction of sp³-hybridized carbons (Fsp3) is 0.417. The van der Waals surface area contributed by atoms with Gasteiger partial charge in [-0.15, -0.1) is 0 Å². The van der Waals surface area contributed by atoms with Crippen LogP contribution in [0.5, 0.6) is 0 Å².